The summed E-state index contributed by atoms with van der Waals surface area (Å²) in [6.45, 7) is 2.15. The number of alkyl halides is 1. The van der Waals surface area contributed by atoms with Crippen molar-refractivity contribution in [3.8, 4) is 0 Å². The van der Waals surface area contributed by atoms with Crippen LogP contribution in [0.2, 0.25) is 0 Å². The summed E-state index contributed by atoms with van der Waals surface area (Å²) in [6.07, 6.45) is 5.49. The summed E-state index contributed by atoms with van der Waals surface area (Å²) in [4.78, 5) is 1.40. The van der Waals surface area contributed by atoms with Crippen LogP contribution in [0.4, 0.5) is 0 Å². The minimum Gasteiger partial charge on any atom is -0.149 e. The van der Waals surface area contributed by atoms with E-state index in [0.29, 0.717) is 0 Å². The van der Waals surface area contributed by atoms with Crippen LogP contribution in [0.15, 0.2) is 17.5 Å². The van der Waals surface area contributed by atoms with Gasteiger partial charge >= 0.3 is 0 Å². The Morgan fingerprint density at radius 1 is 1.64 bits per heavy atom. The Morgan fingerprint density at radius 3 is 3.00 bits per heavy atom. The van der Waals surface area contributed by atoms with Crippen LogP contribution in [0.1, 0.15) is 16.9 Å². The molecule has 0 nitrogen and oxygen atoms in total. The van der Waals surface area contributed by atoms with Crippen molar-refractivity contribution in [2.24, 2.45) is 0 Å². The summed E-state index contributed by atoms with van der Waals surface area (Å²) in [5, 5.41) is 3.18. The average Bonchev–Trinajstić information content (AvgIpc) is 2.37. The molecule has 0 unspecified atom stereocenters. The Hall–Kier alpha value is -0.0800. The average molecular weight is 231 g/mol. The van der Waals surface area contributed by atoms with Gasteiger partial charge in [0, 0.05) is 10.2 Å². The molecule has 1 heterocycles. The Morgan fingerprint density at radius 2 is 2.45 bits per heavy atom. The van der Waals surface area contributed by atoms with E-state index in [-0.39, 0.29) is 0 Å². The predicted octanol–water partition coefficient (Wildman–Crippen LogP) is 3.85. The van der Waals surface area contributed by atoms with Crippen molar-refractivity contribution in [2.45, 2.75) is 13.3 Å². The number of aryl methyl sites for hydroxylation is 1. The normalized spacial score (nSPS) is 11.1. The predicted molar refractivity (Wildman–Crippen MR) is 56.5 cm³/mol. The molecule has 0 aromatic carbocycles. The first-order valence-electron chi connectivity index (χ1n) is 3.61. The largest absolute Gasteiger partial charge is 0.149 e. The molecule has 0 aliphatic rings. The van der Waals surface area contributed by atoms with E-state index in [1.165, 1.54) is 10.4 Å². The highest BCUT2D eigenvalue weighted by molar-refractivity contribution is 9.09. The third-order valence-corrected chi connectivity index (χ3v) is 2.79. The van der Waals surface area contributed by atoms with E-state index in [1.54, 1.807) is 11.3 Å². The van der Waals surface area contributed by atoms with E-state index in [1.807, 2.05) is 0 Å². The summed E-state index contributed by atoms with van der Waals surface area (Å²) in [6, 6.07) is 2.16. The van der Waals surface area contributed by atoms with Gasteiger partial charge in [-0.3, -0.25) is 0 Å². The van der Waals surface area contributed by atoms with Crippen molar-refractivity contribution in [1.29, 1.82) is 0 Å². The maximum absolute atomic E-state index is 3.38. The van der Waals surface area contributed by atoms with E-state index in [4.69, 9.17) is 0 Å². The molecule has 0 saturated heterocycles. The molecule has 0 atom stereocenters. The molecular weight excluding hydrogens is 220 g/mol. The maximum Gasteiger partial charge on any atom is 0.00864 e. The van der Waals surface area contributed by atoms with Crippen LogP contribution in [0.5, 0.6) is 0 Å². The molecule has 2 heteroatoms. The van der Waals surface area contributed by atoms with Gasteiger partial charge in [0.25, 0.3) is 0 Å². The minimum absolute atomic E-state index is 1.05. The number of allylic oxidation sites excluding steroid dienone is 1. The van der Waals surface area contributed by atoms with E-state index in [0.717, 1.165) is 11.8 Å². The zero-order chi connectivity index (χ0) is 8.10. The third-order valence-electron chi connectivity index (χ3n) is 1.47. The Bertz CT molecular complexity index is 237. The number of hydrogen-bond donors (Lipinski definition) is 0. The highest BCUT2D eigenvalue weighted by Gasteiger charge is 1.91. The van der Waals surface area contributed by atoms with Crippen LogP contribution in [0.25, 0.3) is 6.08 Å². The zero-order valence-corrected chi connectivity index (χ0v) is 8.91. The van der Waals surface area contributed by atoms with Gasteiger partial charge in [-0.25, -0.2) is 0 Å². The van der Waals surface area contributed by atoms with Gasteiger partial charge in [0.1, 0.15) is 0 Å². The molecule has 60 valence electrons. The maximum atomic E-state index is 3.38. The lowest BCUT2D eigenvalue weighted by Crippen LogP contribution is -1.69. The van der Waals surface area contributed by atoms with Crippen molar-refractivity contribution >= 4 is 33.3 Å². The van der Waals surface area contributed by atoms with Crippen LogP contribution >= 0.6 is 27.3 Å². The van der Waals surface area contributed by atoms with Crippen molar-refractivity contribution in [3.63, 3.8) is 0 Å². The molecule has 1 rings (SSSR count). The summed E-state index contributed by atoms with van der Waals surface area (Å²) < 4.78 is 0. The monoisotopic (exact) mass is 230 g/mol. The first-order valence-corrected chi connectivity index (χ1v) is 5.61. The highest BCUT2D eigenvalue weighted by Crippen LogP contribution is 2.16. The molecule has 0 saturated carbocycles. The smallest absolute Gasteiger partial charge is 0.00864 e. The van der Waals surface area contributed by atoms with Gasteiger partial charge in [-0.1, -0.05) is 28.1 Å². The van der Waals surface area contributed by atoms with Crippen LogP contribution < -0.4 is 0 Å². The second kappa shape index (κ2) is 4.73. The molecule has 1 aromatic rings. The molecule has 0 aliphatic heterocycles. The SMILES string of the molecule is Cc1sccc1/C=C/CCBr. The molecule has 0 N–H and O–H groups in total. The summed E-state index contributed by atoms with van der Waals surface area (Å²) in [5.74, 6) is 0. The summed E-state index contributed by atoms with van der Waals surface area (Å²) in [7, 11) is 0. The summed E-state index contributed by atoms with van der Waals surface area (Å²) in [5.41, 5.74) is 1.36. The van der Waals surface area contributed by atoms with Crippen molar-refractivity contribution < 1.29 is 0 Å². The van der Waals surface area contributed by atoms with Crippen molar-refractivity contribution in [2.75, 3.05) is 5.33 Å². The number of rotatable bonds is 3. The molecule has 0 aliphatic carbocycles. The van der Waals surface area contributed by atoms with Gasteiger partial charge in [-0.15, -0.1) is 11.3 Å². The van der Waals surface area contributed by atoms with Crippen LogP contribution in [0.3, 0.4) is 0 Å². The Kier molecular flexibility index (Phi) is 3.87. The quantitative estimate of drug-likeness (QED) is 0.693. The molecule has 0 radical (unpaired) electrons. The van der Waals surface area contributed by atoms with E-state index >= 15 is 0 Å². The molecule has 0 spiro atoms. The fraction of sp³-hybridized carbons (Fsp3) is 0.333. The Labute approximate surface area is 80.1 Å². The molecule has 0 bridgehead atoms. The van der Waals surface area contributed by atoms with Crippen LogP contribution in [-0.4, -0.2) is 5.33 Å². The minimum atomic E-state index is 1.05. The lowest BCUT2D eigenvalue weighted by Gasteiger charge is -1.87. The third kappa shape index (κ3) is 2.80. The van der Waals surface area contributed by atoms with Gasteiger partial charge in [0.05, 0.1) is 0 Å². The van der Waals surface area contributed by atoms with Crippen LogP contribution in [0, 0.1) is 6.92 Å². The molecule has 0 amide bonds. The second-order valence-electron chi connectivity index (χ2n) is 2.31. The van der Waals surface area contributed by atoms with Gasteiger partial charge in [-0.2, -0.15) is 0 Å². The zero-order valence-electron chi connectivity index (χ0n) is 6.51. The highest BCUT2D eigenvalue weighted by atomic mass is 79.9. The first kappa shape index (κ1) is 9.01. The molecular formula is C9H11BrS. The van der Waals surface area contributed by atoms with Gasteiger partial charge in [0.15, 0.2) is 0 Å². The van der Waals surface area contributed by atoms with Crippen molar-refractivity contribution in [1.82, 2.24) is 0 Å². The lowest BCUT2D eigenvalue weighted by molar-refractivity contribution is 1.27. The van der Waals surface area contributed by atoms with Gasteiger partial charge < -0.3 is 0 Å². The second-order valence-corrected chi connectivity index (χ2v) is 4.23. The number of halogens is 1. The molecule has 0 fully saturated rings. The fourth-order valence-electron chi connectivity index (χ4n) is 0.841. The van der Waals surface area contributed by atoms with E-state index in [2.05, 4.69) is 46.5 Å². The van der Waals surface area contributed by atoms with Crippen LogP contribution in [-0.2, 0) is 0 Å². The topological polar surface area (TPSA) is 0 Å². The van der Waals surface area contributed by atoms with Gasteiger partial charge in [-0.05, 0) is 30.4 Å². The first-order chi connectivity index (χ1) is 5.34. The molecule has 11 heavy (non-hydrogen) atoms. The van der Waals surface area contributed by atoms with E-state index in [9.17, 15) is 0 Å². The molecule has 1 aromatic heterocycles. The number of hydrogen-bond acceptors (Lipinski definition) is 1. The Balaban J connectivity index is 2.56. The van der Waals surface area contributed by atoms with Gasteiger partial charge in [0.2, 0.25) is 0 Å². The van der Waals surface area contributed by atoms with Crippen molar-refractivity contribution in [3.05, 3.63) is 28.0 Å². The van der Waals surface area contributed by atoms with E-state index < -0.39 is 0 Å². The standard InChI is InChI=1S/C9H11BrS/c1-8-9(5-7-11-8)4-2-3-6-10/h2,4-5,7H,3,6H2,1H3/b4-2+. The lowest BCUT2D eigenvalue weighted by atomic mass is 10.2. The summed E-state index contributed by atoms with van der Waals surface area (Å²) >= 11 is 5.18. The fourth-order valence-corrected chi connectivity index (χ4v) is 1.80. The number of thiophene rings is 1.